The van der Waals surface area contributed by atoms with E-state index in [0.717, 1.165) is 10.6 Å². The highest BCUT2D eigenvalue weighted by Crippen LogP contribution is 2.45. The first kappa shape index (κ1) is 23.3. The number of carbonyl (C=O) groups is 2. The molecule has 2 heterocycles. The molecule has 5 rings (SSSR count). The molecule has 4 aromatic rings. The molecule has 0 saturated carbocycles. The molecule has 1 atom stereocenters. The summed E-state index contributed by atoms with van der Waals surface area (Å²) in [4.78, 5) is 32.5. The number of hydrogen-bond acceptors (Lipinski definition) is 7. The van der Waals surface area contributed by atoms with Crippen LogP contribution in [0.3, 0.4) is 0 Å². The van der Waals surface area contributed by atoms with Gasteiger partial charge in [0.05, 0.1) is 25.8 Å². The fraction of sp³-hybridized carbons (Fsp3) is 0.107. The van der Waals surface area contributed by atoms with Gasteiger partial charge in [0.25, 0.3) is 11.7 Å². The number of thiazole rings is 1. The van der Waals surface area contributed by atoms with Crippen molar-refractivity contribution >= 4 is 34.5 Å². The number of aliphatic hydroxyl groups is 1. The Morgan fingerprint density at radius 2 is 1.67 bits per heavy atom. The van der Waals surface area contributed by atoms with Crippen LogP contribution >= 0.6 is 11.3 Å². The number of ether oxygens (including phenoxy) is 2. The van der Waals surface area contributed by atoms with E-state index in [9.17, 15) is 14.7 Å². The van der Waals surface area contributed by atoms with E-state index in [2.05, 4.69) is 4.98 Å². The minimum atomic E-state index is -0.894. The second-order valence-electron chi connectivity index (χ2n) is 8.02. The van der Waals surface area contributed by atoms with Crippen molar-refractivity contribution in [2.75, 3.05) is 19.1 Å². The number of methoxy groups -OCH3 is 2. The Kier molecular flexibility index (Phi) is 6.26. The number of anilines is 1. The van der Waals surface area contributed by atoms with E-state index in [4.69, 9.17) is 9.47 Å². The molecule has 0 bridgehead atoms. The van der Waals surface area contributed by atoms with Crippen LogP contribution in [0.25, 0.3) is 16.3 Å². The van der Waals surface area contributed by atoms with Crippen LogP contribution in [0.5, 0.6) is 11.5 Å². The van der Waals surface area contributed by atoms with Crippen molar-refractivity contribution < 1.29 is 24.2 Å². The van der Waals surface area contributed by atoms with E-state index in [1.807, 2.05) is 17.5 Å². The second kappa shape index (κ2) is 9.67. The molecule has 8 heteroatoms. The molecule has 1 amide bonds. The van der Waals surface area contributed by atoms with Crippen LogP contribution in [0.1, 0.15) is 17.2 Å². The van der Waals surface area contributed by atoms with Crippen molar-refractivity contribution in [2.45, 2.75) is 6.04 Å². The Hall–Kier alpha value is -4.43. The Morgan fingerprint density at radius 1 is 0.944 bits per heavy atom. The van der Waals surface area contributed by atoms with Crippen molar-refractivity contribution in [1.29, 1.82) is 0 Å². The molecule has 1 aromatic heterocycles. The van der Waals surface area contributed by atoms with Gasteiger partial charge in [-0.15, -0.1) is 11.3 Å². The lowest BCUT2D eigenvalue weighted by molar-refractivity contribution is -0.132. The predicted octanol–water partition coefficient (Wildman–Crippen LogP) is 5.45. The van der Waals surface area contributed by atoms with Gasteiger partial charge in [-0.3, -0.25) is 14.5 Å². The number of nitrogens with zero attached hydrogens (tertiary/aromatic N) is 2. The summed E-state index contributed by atoms with van der Waals surface area (Å²) in [6.45, 7) is 0. The number of amides is 1. The van der Waals surface area contributed by atoms with Crippen LogP contribution in [0.4, 0.5) is 5.69 Å². The van der Waals surface area contributed by atoms with Crippen LogP contribution in [0.2, 0.25) is 0 Å². The lowest BCUT2D eigenvalue weighted by Crippen LogP contribution is -2.29. The summed E-state index contributed by atoms with van der Waals surface area (Å²) in [5.41, 5.74) is 2.38. The number of Topliss-reactive ketones (excluding diaryl/α,β-unsaturated/α-hetero) is 1. The number of carbonyl (C=O) groups excluding carboxylic acids is 2. The van der Waals surface area contributed by atoms with E-state index >= 15 is 0 Å². The maximum Gasteiger partial charge on any atom is 0.300 e. The van der Waals surface area contributed by atoms with Gasteiger partial charge in [0.1, 0.15) is 22.3 Å². The summed E-state index contributed by atoms with van der Waals surface area (Å²) in [5.74, 6) is -0.678. The number of ketones is 1. The third-order valence-electron chi connectivity index (χ3n) is 6.07. The van der Waals surface area contributed by atoms with Crippen molar-refractivity contribution in [2.24, 2.45) is 0 Å². The molecule has 1 aliphatic rings. The van der Waals surface area contributed by atoms with E-state index < -0.39 is 17.7 Å². The fourth-order valence-electron chi connectivity index (χ4n) is 4.32. The standard InChI is InChI=1S/C28H22N2O5S/c1-34-20-13-9-17(10-14-20)25(31)23-24(21-5-3-4-6-22(21)35-2)30(28(33)26(23)32)19-11-7-18(8-12-19)27-29-15-16-36-27/h3-16,24,31H,1-2H3. The molecule has 1 unspecified atom stereocenters. The van der Waals surface area contributed by atoms with Gasteiger partial charge in [-0.2, -0.15) is 0 Å². The van der Waals surface area contributed by atoms with Crippen LogP contribution in [-0.2, 0) is 9.59 Å². The zero-order valence-corrected chi connectivity index (χ0v) is 20.4. The van der Waals surface area contributed by atoms with Crippen LogP contribution < -0.4 is 14.4 Å². The average Bonchev–Trinajstić information content (AvgIpc) is 3.55. The monoisotopic (exact) mass is 498 g/mol. The zero-order chi connectivity index (χ0) is 25.2. The summed E-state index contributed by atoms with van der Waals surface area (Å²) in [5, 5.41) is 14.0. The van der Waals surface area contributed by atoms with E-state index in [0.29, 0.717) is 28.3 Å². The highest BCUT2D eigenvalue weighted by Gasteiger charge is 2.47. The van der Waals surface area contributed by atoms with E-state index in [1.54, 1.807) is 74.0 Å². The summed E-state index contributed by atoms with van der Waals surface area (Å²) < 4.78 is 10.8. The molecule has 1 N–H and O–H groups in total. The number of aromatic nitrogens is 1. The normalized spacial score (nSPS) is 16.8. The minimum Gasteiger partial charge on any atom is -0.507 e. The molecule has 1 fully saturated rings. The minimum absolute atomic E-state index is 0.0151. The van der Waals surface area contributed by atoms with Crippen molar-refractivity contribution in [3.8, 4) is 22.1 Å². The number of aliphatic hydroxyl groups excluding tert-OH is 1. The molecule has 0 radical (unpaired) electrons. The van der Waals surface area contributed by atoms with Gasteiger partial charge in [0.2, 0.25) is 0 Å². The summed E-state index contributed by atoms with van der Waals surface area (Å²) >= 11 is 1.51. The predicted molar refractivity (Wildman–Crippen MR) is 138 cm³/mol. The molecule has 0 aliphatic carbocycles. The van der Waals surface area contributed by atoms with Gasteiger partial charge in [-0.25, -0.2) is 4.98 Å². The Bertz CT molecular complexity index is 1440. The molecule has 0 spiro atoms. The first-order chi connectivity index (χ1) is 17.5. The van der Waals surface area contributed by atoms with Crippen LogP contribution in [0.15, 0.2) is 89.9 Å². The molecule has 1 saturated heterocycles. The Balaban J connectivity index is 1.67. The molecular formula is C28H22N2O5S. The number of rotatable bonds is 6. The van der Waals surface area contributed by atoms with Gasteiger partial charge in [-0.05, 0) is 54.6 Å². The SMILES string of the molecule is COc1ccc(C(O)=C2C(=O)C(=O)N(c3ccc(-c4nccs4)cc3)C2c2ccccc2OC)cc1. The highest BCUT2D eigenvalue weighted by molar-refractivity contribution is 7.13. The van der Waals surface area contributed by atoms with Gasteiger partial charge < -0.3 is 14.6 Å². The molecule has 1 aliphatic heterocycles. The third kappa shape index (κ3) is 4.01. The number of para-hydroxylation sites is 1. The Labute approximate surface area is 211 Å². The smallest absolute Gasteiger partial charge is 0.300 e. The number of hydrogen-bond donors (Lipinski definition) is 1. The van der Waals surface area contributed by atoms with E-state index in [-0.39, 0.29) is 11.3 Å². The topological polar surface area (TPSA) is 89.0 Å². The molecule has 7 nitrogen and oxygen atoms in total. The summed E-state index contributed by atoms with van der Waals surface area (Å²) in [6, 6.07) is 20.2. The maximum atomic E-state index is 13.4. The van der Waals surface area contributed by atoms with E-state index in [1.165, 1.54) is 23.3 Å². The van der Waals surface area contributed by atoms with Crippen molar-refractivity contribution in [3.05, 3.63) is 101 Å². The summed E-state index contributed by atoms with van der Waals surface area (Å²) in [7, 11) is 3.07. The largest absolute Gasteiger partial charge is 0.507 e. The molecule has 36 heavy (non-hydrogen) atoms. The maximum absolute atomic E-state index is 13.4. The fourth-order valence-corrected chi connectivity index (χ4v) is 4.96. The van der Waals surface area contributed by atoms with Crippen molar-refractivity contribution in [1.82, 2.24) is 4.98 Å². The first-order valence-electron chi connectivity index (χ1n) is 11.1. The molecule has 180 valence electrons. The van der Waals surface area contributed by atoms with Crippen molar-refractivity contribution in [3.63, 3.8) is 0 Å². The Morgan fingerprint density at radius 3 is 2.31 bits per heavy atom. The van der Waals surface area contributed by atoms with Gasteiger partial charge in [0, 0.05) is 34.0 Å². The number of benzene rings is 3. The first-order valence-corrected chi connectivity index (χ1v) is 12.0. The highest BCUT2D eigenvalue weighted by atomic mass is 32.1. The quantitative estimate of drug-likeness (QED) is 0.216. The average molecular weight is 499 g/mol. The van der Waals surface area contributed by atoms with Gasteiger partial charge >= 0.3 is 0 Å². The zero-order valence-electron chi connectivity index (χ0n) is 19.5. The van der Waals surface area contributed by atoms with Gasteiger partial charge in [-0.1, -0.05) is 18.2 Å². The van der Waals surface area contributed by atoms with Crippen LogP contribution in [-0.4, -0.2) is 36.0 Å². The van der Waals surface area contributed by atoms with Crippen LogP contribution in [0, 0.1) is 0 Å². The second-order valence-corrected chi connectivity index (χ2v) is 8.92. The molecular weight excluding hydrogens is 476 g/mol. The molecule has 3 aromatic carbocycles. The third-order valence-corrected chi connectivity index (χ3v) is 6.89. The summed E-state index contributed by atoms with van der Waals surface area (Å²) in [6.07, 6.45) is 1.73. The lowest BCUT2D eigenvalue weighted by atomic mass is 9.94. The van der Waals surface area contributed by atoms with Gasteiger partial charge in [0.15, 0.2) is 0 Å². The lowest BCUT2D eigenvalue weighted by Gasteiger charge is -2.26.